The molecule has 8 heteroatoms. The second-order valence-corrected chi connectivity index (χ2v) is 8.54. The summed E-state index contributed by atoms with van der Waals surface area (Å²) in [6, 6.07) is 6.89. The summed E-state index contributed by atoms with van der Waals surface area (Å²) in [5.41, 5.74) is 1.59. The molecule has 2 aliphatic heterocycles. The highest BCUT2D eigenvalue weighted by Crippen LogP contribution is 2.43. The van der Waals surface area contributed by atoms with Gasteiger partial charge in [0.05, 0.1) is 10.1 Å². The fourth-order valence-electron chi connectivity index (χ4n) is 2.64. The van der Waals surface area contributed by atoms with Gasteiger partial charge < -0.3 is 10.1 Å². The quantitative estimate of drug-likeness (QED) is 0.810. The van der Waals surface area contributed by atoms with E-state index in [2.05, 4.69) is 5.32 Å². The maximum atomic E-state index is 12.2. The van der Waals surface area contributed by atoms with E-state index in [1.54, 1.807) is 12.1 Å². The van der Waals surface area contributed by atoms with E-state index in [1.807, 2.05) is 35.7 Å². The number of thioether (sulfide) groups is 2. The summed E-state index contributed by atoms with van der Waals surface area (Å²) in [4.78, 5) is 37.0. The average Bonchev–Trinajstić information content (AvgIpc) is 3.07. The molecule has 2 saturated heterocycles. The third kappa shape index (κ3) is 4.30. The predicted molar refractivity (Wildman–Crippen MR) is 98.7 cm³/mol. The third-order valence-corrected chi connectivity index (χ3v) is 7.02. The van der Waals surface area contributed by atoms with Crippen molar-refractivity contribution < 1.29 is 19.1 Å². The maximum absolute atomic E-state index is 12.2. The second kappa shape index (κ2) is 8.14. The number of nitrogens with zero attached hydrogens (tertiary/aromatic N) is 1. The molecule has 2 fully saturated rings. The van der Waals surface area contributed by atoms with Gasteiger partial charge in [-0.15, -0.1) is 23.5 Å². The molecular weight excluding hydrogens is 360 g/mol. The molecular formula is C17H20N2O4S2. The van der Waals surface area contributed by atoms with Crippen LogP contribution in [0.1, 0.15) is 33.8 Å². The summed E-state index contributed by atoms with van der Waals surface area (Å²) >= 11 is 3.84. The first-order valence-corrected chi connectivity index (χ1v) is 10.3. The van der Waals surface area contributed by atoms with Crippen molar-refractivity contribution in [3.05, 3.63) is 35.4 Å². The summed E-state index contributed by atoms with van der Waals surface area (Å²) in [6.07, 6.45) is 0.234. The molecule has 1 N–H and O–H groups in total. The minimum atomic E-state index is -1.000. The molecule has 0 radical (unpaired) electrons. The number of nitrogens with one attached hydrogen (secondary N) is 1. The van der Waals surface area contributed by atoms with E-state index in [0.717, 1.165) is 16.4 Å². The van der Waals surface area contributed by atoms with Crippen molar-refractivity contribution in [2.24, 2.45) is 0 Å². The predicted octanol–water partition coefficient (Wildman–Crippen LogP) is 2.65. The molecule has 3 rings (SSSR count). The van der Waals surface area contributed by atoms with Gasteiger partial charge in [0.1, 0.15) is 0 Å². The normalized spacial score (nSPS) is 19.4. The number of urea groups is 1. The summed E-state index contributed by atoms with van der Waals surface area (Å²) < 4.78 is 5.63. The van der Waals surface area contributed by atoms with Crippen LogP contribution in [0, 0.1) is 0 Å². The molecule has 2 heterocycles. The highest BCUT2D eigenvalue weighted by Gasteiger charge is 2.31. The van der Waals surface area contributed by atoms with Crippen LogP contribution in [-0.4, -0.2) is 53.5 Å². The fourth-order valence-corrected chi connectivity index (χ4v) is 5.53. The molecule has 2 aliphatic rings. The highest BCUT2D eigenvalue weighted by molar-refractivity contribution is 8.16. The van der Waals surface area contributed by atoms with E-state index in [0.29, 0.717) is 23.2 Å². The van der Waals surface area contributed by atoms with Crippen LogP contribution >= 0.6 is 23.5 Å². The molecule has 0 saturated carbocycles. The number of rotatable bonds is 4. The van der Waals surface area contributed by atoms with Crippen molar-refractivity contribution >= 4 is 41.4 Å². The molecule has 0 bridgehead atoms. The topological polar surface area (TPSA) is 75.7 Å². The lowest BCUT2D eigenvalue weighted by Gasteiger charge is -2.21. The van der Waals surface area contributed by atoms with E-state index in [-0.39, 0.29) is 0 Å². The molecule has 1 aromatic rings. The number of benzene rings is 1. The van der Waals surface area contributed by atoms with E-state index in [4.69, 9.17) is 4.74 Å². The smallest absolute Gasteiger partial charge is 0.338 e. The van der Waals surface area contributed by atoms with Crippen LogP contribution in [0.4, 0.5) is 4.79 Å². The first kappa shape index (κ1) is 18.1. The fraction of sp³-hybridized carbons (Fsp3) is 0.471. The van der Waals surface area contributed by atoms with Crippen molar-refractivity contribution in [1.82, 2.24) is 10.2 Å². The third-order valence-electron chi connectivity index (χ3n) is 4.00. The second-order valence-electron chi connectivity index (χ2n) is 5.82. The number of carbonyl (C=O) groups is 3. The Balaban J connectivity index is 1.58. The van der Waals surface area contributed by atoms with Gasteiger partial charge >= 0.3 is 12.0 Å². The van der Waals surface area contributed by atoms with Crippen molar-refractivity contribution in [3.63, 3.8) is 0 Å². The number of esters is 1. The van der Waals surface area contributed by atoms with E-state index in [9.17, 15) is 14.4 Å². The lowest BCUT2D eigenvalue weighted by atomic mass is 10.1. The number of ether oxygens (including phenoxy) is 1. The molecule has 0 unspecified atom stereocenters. The monoisotopic (exact) mass is 380 g/mol. The van der Waals surface area contributed by atoms with Crippen molar-refractivity contribution in [2.45, 2.75) is 24.0 Å². The number of amides is 3. The maximum Gasteiger partial charge on any atom is 0.338 e. The van der Waals surface area contributed by atoms with Gasteiger partial charge in [-0.2, -0.15) is 0 Å². The number of carbonyl (C=O) groups excluding carboxylic acids is 3. The Morgan fingerprint density at radius 3 is 2.52 bits per heavy atom. The van der Waals surface area contributed by atoms with Crippen molar-refractivity contribution in [2.75, 3.05) is 24.6 Å². The first-order valence-electron chi connectivity index (χ1n) is 8.19. The molecule has 6 nitrogen and oxygen atoms in total. The Labute approximate surface area is 155 Å². The van der Waals surface area contributed by atoms with E-state index >= 15 is 0 Å². The molecule has 1 aromatic carbocycles. The summed E-state index contributed by atoms with van der Waals surface area (Å²) in [5, 5.41) is 2.55. The van der Waals surface area contributed by atoms with Gasteiger partial charge in [-0.25, -0.2) is 9.59 Å². The lowest BCUT2D eigenvalue weighted by molar-refractivity contribution is -0.136. The van der Waals surface area contributed by atoms with Gasteiger partial charge in [-0.3, -0.25) is 9.69 Å². The van der Waals surface area contributed by atoms with E-state index < -0.39 is 24.0 Å². The SMILES string of the molecule is C[C@@H](OC(=O)c1ccc(C2SCCCS2)cc1)C(=O)N1CCNC1=O. The van der Waals surface area contributed by atoms with Gasteiger partial charge in [0, 0.05) is 13.1 Å². The van der Waals surface area contributed by atoms with E-state index in [1.165, 1.54) is 18.9 Å². The standard InChI is InChI=1S/C17H20N2O4S2/c1-11(14(20)19-8-7-18-17(19)22)23-15(21)12-3-5-13(6-4-12)16-24-9-2-10-25-16/h3-6,11,16H,2,7-10H2,1H3,(H,18,22)/t11-/m1/s1. The molecule has 25 heavy (non-hydrogen) atoms. The Bertz CT molecular complexity index is 659. The van der Waals surface area contributed by atoms with Gasteiger partial charge in [-0.05, 0) is 42.5 Å². The van der Waals surface area contributed by atoms with Gasteiger partial charge in [-0.1, -0.05) is 12.1 Å². The summed E-state index contributed by atoms with van der Waals surface area (Å²) in [7, 11) is 0. The average molecular weight is 380 g/mol. The Hall–Kier alpha value is -1.67. The molecule has 0 spiro atoms. The Kier molecular flexibility index (Phi) is 5.90. The van der Waals surface area contributed by atoms with Crippen LogP contribution in [0.5, 0.6) is 0 Å². The minimum absolute atomic E-state index is 0.297. The zero-order valence-corrected chi connectivity index (χ0v) is 15.5. The minimum Gasteiger partial charge on any atom is -0.449 e. The summed E-state index contributed by atoms with van der Waals surface area (Å²) in [6.45, 7) is 2.20. The first-order chi connectivity index (χ1) is 12.1. The largest absolute Gasteiger partial charge is 0.449 e. The van der Waals surface area contributed by atoms with Crippen molar-refractivity contribution in [3.8, 4) is 0 Å². The van der Waals surface area contributed by atoms with Crippen molar-refractivity contribution in [1.29, 1.82) is 0 Å². The Morgan fingerprint density at radius 1 is 1.24 bits per heavy atom. The van der Waals surface area contributed by atoms with Crippen LogP contribution in [-0.2, 0) is 9.53 Å². The molecule has 134 valence electrons. The highest BCUT2D eigenvalue weighted by atomic mass is 32.2. The van der Waals surface area contributed by atoms with Gasteiger partial charge in [0.2, 0.25) is 0 Å². The van der Waals surface area contributed by atoms with Crippen LogP contribution in [0.3, 0.4) is 0 Å². The molecule has 0 aliphatic carbocycles. The molecule has 3 amide bonds. The zero-order chi connectivity index (χ0) is 17.8. The van der Waals surface area contributed by atoms with Crippen LogP contribution in [0.15, 0.2) is 24.3 Å². The number of imide groups is 1. The zero-order valence-electron chi connectivity index (χ0n) is 13.9. The van der Waals surface area contributed by atoms with Crippen LogP contribution < -0.4 is 5.32 Å². The summed E-state index contributed by atoms with van der Waals surface area (Å²) in [5.74, 6) is 1.25. The molecule has 1 atom stereocenters. The number of hydrogen-bond acceptors (Lipinski definition) is 6. The van der Waals surface area contributed by atoms with Gasteiger partial charge in [0.25, 0.3) is 5.91 Å². The molecule has 0 aromatic heterocycles. The number of hydrogen-bond donors (Lipinski definition) is 1. The van der Waals surface area contributed by atoms with Crippen LogP contribution in [0.25, 0.3) is 0 Å². The van der Waals surface area contributed by atoms with Crippen LogP contribution in [0.2, 0.25) is 0 Å². The Morgan fingerprint density at radius 2 is 1.92 bits per heavy atom. The lowest BCUT2D eigenvalue weighted by Crippen LogP contribution is -2.41. The van der Waals surface area contributed by atoms with Gasteiger partial charge in [0.15, 0.2) is 6.10 Å².